The van der Waals surface area contributed by atoms with Crippen LogP contribution in [0.4, 0.5) is 0 Å². The van der Waals surface area contributed by atoms with Crippen LogP contribution in [0.2, 0.25) is 0 Å². The number of nitrogens with zero attached hydrogens (tertiary/aromatic N) is 2. The molecule has 252 valence electrons. The second-order valence-electron chi connectivity index (χ2n) is 13.1. The van der Waals surface area contributed by atoms with E-state index in [0.717, 1.165) is 62.1 Å². The molecule has 0 fully saturated rings. The minimum absolute atomic E-state index is 0.000508. The molecule has 4 aromatic carbocycles. The van der Waals surface area contributed by atoms with Crippen LogP contribution in [0.5, 0.6) is 46.0 Å². The highest BCUT2D eigenvalue weighted by Crippen LogP contribution is 2.52. The monoisotopic (exact) mass is 650 g/mol. The fraction of sp³-hybridized carbons (Fsp3) is 0.400. The van der Waals surface area contributed by atoms with Crippen LogP contribution in [-0.2, 0) is 25.7 Å². The third kappa shape index (κ3) is 6.03. The summed E-state index contributed by atoms with van der Waals surface area (Å²) in [7, 11) is 9.49. The molecule has 4 aliphatic rings. The molecule has 0 saturated carbocycles. The molecule has 8 heteroatoms. The molecular weight excluding hydrogens is 604 g/mol. The fourth-order valence-electron chi connectivity index (χ4n) is 7.42. The lowest BCUT2D eigenvalue weighted by Crippen LogP contribution is -2.34. The first-order valence-electron chi connectivity index (χ1n) is 17.0. The van der Waals surface area contributed by atoms with Crippen molar-refractivity contribution in [2.24, 2.45) is 0 Å². The van der Waals surface area contributed by atoms with E-state index in [-0.39, 0.29) is 12.1 Å². The second kappa shape index (κ2) is 13.6. The Morgan fingerprint density at radius 3 is 2.06 bits per heavy atom. The third-order valence-corrected chi connectivity index (χ3v) is 10.1. The van der Waals surface area contributed by atoms with E-state index in [1.807, 2.05) is 6.07 Å². The highest BCUT2D eigenvalue weighted by molar-refractivity contribution is 5.64. The van der Waals surface area contributed by atoms with E-state index < -0.39 is 0 Å². The SMILES string of the molecule is CCCOc1c(OC)cc2c3c1Oc1cc4c(cc1OC)CCN(C)[C@H]4Cc1ccc(cc1)Oc1cc(ccc1OC)C[C@H]3N(C)CC2. The maximum Gasteiger partial charge on any atom is 0.204 e. The summed E-state index contributed by atoms with van der Waals surface area (Å²) >= 11 is 0. The number of likely N-dealkylation sites (N-methyl/N-ethyl adjacent to an activating group) is 2. The van der Waals surface area contributed by atoms with E-state index in [4.69, 9.17) is 28.4 Å². The molecule has 4 heterocycles. The molecule has 0 amide bonds. The van der Waals surface area contributed by atoms with E-state index in [9.17, 15) is 0 Å². The Kier molecular flexibility index (Phi) is 9.12. The standard InChI is InChI=1S/C40H46N2O6/c1-7-18-46-39-37(45-6)23-28-15-17-42(3)32-20-26-10-13-33(43-4)35(21-26)47-29-11-8-25(9-12-29)19-31-30-24-36(48-40(39)38(28)32)34(44-5)22-27(30)14-16-41(31)2/h8-13,21-24,31-32H,7,14-20H2,1-6H3/t31-,32+/m0/s1. The molecule has 0 saturated heterocycles. The van der Waals surface area contributed by atoms with Crippen LogP contribution >= 0.6 is 0 Å². The first kappa shape index (κ1) is 32.2. The average Bonchev–Trinajstić information content (AvgIpc) is 3.10. The molecule has 0 aliphatic carbocycles. The molecule has 8 nitrogen and oxygen atoms in total. The van der Waals surface area contributed by atoms with Gasteiger partial charge in [-0.2, -0.15) is 0 Å². The van der Waals surface area contributed by atoms with Gasteiger partial charge in [-0.25, -0.2) is 0 Å². The van der Waals surface area contributed by atoms with E-state index in [1.54, 1.807) is 21.3 Å². The van der Waals surface area contributed by atoms with Crippen molar-refractivity contribution in [2.45, 2.75) is 51.1 Å². The van der Waals surface area contributed by atoms with Gasteiger partial charge >= 0.3 is 0 Å². The number of hydrogen-bond acceptors (Lipinski definition) is 8. The van der Waals surface area contributed by atoms with Gasteiger partial charge in [-0.15, -0.1) is 0 Å². The molecule has 4 aromatic rings. The van der Waals surface area contributed by atoms with Crippen molar-refractivity contribution in [3.63, 3.8) is 0 Å². The van der Waals surface area contributed by atoms with Crippen molar-refractivity contribution >= 4 is 0 Å². The largest absolute Gasteiger partial charge is 0.493 e. The molecule has 48 heavy (non-hydrogen) atoms. The van der Waals surface area contributed by atoms with Gasteiger partial charge in [0, 0.05) is 30.7 Å². The van der Waals surface area contributed by atoms with E-state index in [2.05, 4.69) is 85.4 Å². The summed E-state index contributed by atoms with van der Waals surface area (Å²) < 4.78 is 37.8. The predicted molar refractivity (Wildman–Crippen MR) is 187 cm³/mol. The Bertz CT molecular complexity index is 1790. The van der Waals surface area contributed by atoms with Gasteiger partial charge in [-0.3, -0.25) is 9.80 Å². The van der Waals surface area contributed by atoms with Crippen LogP contribution in [0.1, 0.15) is 58.8 Å². The van der Waals surface area contributed by atoms with Gasteiger partial charge in [0.2, 0.25) is 5.75 Å². The maximum absolute atomic E-state index is 7.14. The van der Waals surface area contributed by atoms with E-state index in [1.165, 1.54) is 22.3 Å². The van der Waals surface area contributed by atoms with E-state index >= 15 is 0 Å². The molecule has 0 aromatic heterocycles. The maximum atomic E-state index is 7.14. The lowest BCUT2D eigenvalue weighted by atomic mass is 9.87. The number of methoxy groups -OCH3 is 3. The van der Waals surface area contributed by atoms with Crippen LogP contribution in [-0.4, -0.2) is 64.9 Å². The summed E-state index contributed by atoms with van der Waals surface area (Å²) in [5, 5.41) is 0. The topological polar surface area (TPSA) is 61.9 Å². The number of hydrogen-bond donors (Lipinski definition) is 0. The fourth-order valence-corrected chi connectivity index (χ4v) is 7.42. The van der Waals surface area contributed by atoms with Gasteiger partial charge in [0.05, 0.1) is 27.9 Å². The molecule has 6 bridgehead atoms. The third-order valence-electron chi connectivity index (χ3n) is 10.1. The molecule has 0 unspecified atom stereocenters. The van der Waals surface area contributed by atoms with E-state index in [0.29, 0.717) is 46.9 Å². The molecular formula is C40H46N2O6. The van der Waals surface area contributed by atoms with Crippen molar-refractivity contribution < 1.29 is 28.4 Å². The van der Waals surface area contributed by atoms with Crippen molar-refractivity contribution in [3.8, 4) is 46.0 Å². The summed E-state index contributed by atoms with van der Waals surface area (Å²) in [4.78, 5) is 4.84. The van der Waals surface area contributed by atoms with Gasteiger partial charge in [0.15, 0.2) is 34.5 Å². The number of fused-ring (bicyclic) bond motifs is 2. The highest BCUT2D eigenvalue weighted by Gasteiger charge is 2.35. The number of ether oxygens (including phenoxy) is 6. The lowest BCUT2D eigenvalue weighted by Gasteiger charge is -2.37. The minimum atomic E-state index is 0.000508. The molecule has 2 atom stereocenters. The van der Waals surface area contributed by atoms with Gasteiger partial charge in [-0.05, 0) is 116 Å². The summed E-state index contributed by atoms with van der Waals surface area (Å²) in [6, 6.07) is 21.3. The number of rotatable bonds is 6. The summed E-state index contributed by atoms with van der Waals surface area (Å²) in [5.74, 6) is 5.55. The summed E-state index contributed by atoms with van der Waals surface area (Å²) in [5.41, 5.74) is 7.20. The van der Waals surface area contributed by atoms with Crippen LogP contribution in [0, 0.1) is 0 Å². The Morgan fingerprint density at radius 2 is 1.33 bits per heavy atom. The lowest BCUT2D eigenvalue weighted by molar-refractivity contribution is 0.217. The molecule has 0 N–H and O–H groups in total. The van der Waals surface area contributed by atoms with Crippen LogP contribution in [0.15, 0.2) is 60.7 Å². The number of benzene rings is 4. The molecule has 4 aliphatic heterocycles. The Morgan fingerprint density at radius 1 is 0.688 bits per heavy atom. The average molecular weight is 651 g/mol. The van der Waals surface area contributed by atoms with Crippen LogP contribution < -0.4 is 28.4 Å². The van der Waals surface area contributed by atoms with Crippen LogP contribution in [0.25, 0.3) is 0 Å². The predicted octanol–water partition coefficient (Wildman–Crippen LogP) is 7.94. The molecule has 0 spiro atoms. The zero-order valence-corrected chi connectivity index (χ0v) is 28.9. The Hall–Kier alpha value is -4.40. The van der Waals surface area contributed by atoms with Crippen molar-refractivity contribution in [3.05, 3.63) is 94.0 Å². The van der Waals surface area contributed by atoms with Gasteiger partial charge in [0.25, 0.3) is 0 Å². The Labute approximate surface area is 284 Å². The van der Waals surface area contributed by atoms with Gasteiger partial charge in [0.1, 0.15) is 5.75 Å². The van der Waals surface area contributed by atoms with Gasteiger partial charge in [-0.1, -0.05) is 25.1 Å². The Balaban J connectivity index is 1.47. The first-order chi connectivity index (χ1) is 23.4. The molecule has 8 rings (SSSR count). The van der Waals surface area contributed by atoms with Gasteiger partial charge < -0.3 is 28.4 Å². The summed E-state index contributed by atoms with van der Waals surface area (Å²) in [6.45, 7) is 4.51. The first-order valence-corrected chi connectivity index (χ1v) is 17.0. The zero-order chi connectivity index (χ0) is 33.4. The normalized spacial score (nSPS) is 18.9. The highest BCUT2D eigenvalue weighted by atomic mass is 16.6. The smallest absolute Gasteiger partial charge is 0.204 e. The molecule has 0 radical (unpaired) electrons. The summed E-state index contributed by atoms with van der Waals surface area (Å²) in [6.07, 6.45) is 4.24. The second-order valence-corrected chi connectivity index (χ2v) is 13.1. The quantitative estimate of drug-likeness (QED) is 0.209. The van der Waals surface area contributed by atoms with Crippen LogP contribution in [0.3, 0.4) is 0 Å². The van der Waals surface area contributed by atoms with Crippen molar-refractivity contribution in [1.82, 2.24) is 9.80 Å². The minimum Gasteiger partial charge on any atom is -0.493 e. The van der Waals surface area contributed by atoms with Crippen molar-refractivity contribution in [1.29, 1.82) is 0 Å². The van der Waals surface area contributed by atoms with Crippen molar-refractivity contribution in [2.75, 3.05) is 55.1 Å². The zero-order valence-electron chi connectivity index (χ0n) is 28.9.